The van der Waals surface area contributed by atoms with Crippen LogP contribution in [-0.4, -0.2) is 19.3 Å². The number of ether oxygens (including phenoxy) is 2. The Morgan fingerprint density at radius 2 is 1.80 bits per heavy atom. The van der Waals surface area contributed by atoms with E-state index in [1.165, 1.54) is 5.56 Å². The maximum Gasteiger partial charge on any atom is 0.119 e. The molecule has 0 saturated heterocycles. The van der Waals surface area contributed by atoms with E-state index in [2.05, 4.69) is 26.0 Å². The zero-order chi connectivity index (χ0) is 11.1. The first kappa shape index (κ1) is 12.1. The van der Waals surface area contributed by atoms with Crippen molar-refractivity contribution in [3.05, 3.63) is 29.8 Å². The van der Waals surface area contributed by atoms with Crippen molar-refractivity contribution < 1.29 is 9.47 Å². The summed E-state index contributed by atoms with van der Waals surface area (Å²) in [6.07, 6.45) is 1.28. The van der Waals surface area contributed by atoms with Crippen LogP contribution in [0.25, 0.3) is 0 Å². The molecule has 0 unspecified atom stereocenters. The molecule has 1 aromatic carbocycles. The Balaban J connectivity index is 2.36. The minimum atomic E-state index is 0.313. The molecule has 2 heteroatoms. The summed E-state index contributed by atoms with van der Waals surface area (Å²) in [5, 5.41) is 0. The van der Waals surface area contributed by atoms with E-state index >= 15 is 0 Å². The molecule has 0 N–H and O–H groups in total. The molecule has 0 spiro atoms. The second-order valence-corrected chi connectivity index (χ2v) is 3.75. The Kier molecular flexibility index (Phi) is 5.19. The van der Waals surface area contributed by atoms with Crippen LogP contribution >= 0.6 is 0 Å². The van der Waals surface area contributed by atoms with E-state index < -0.39 is 0 Å². The number of benzene rings is 1. The largest absolute Gasteiger partial charge is 0.494 e. The molecule has 0 aliphatic carbocycles. The fourth-order valence-corrected chi connectivity index (χ4v) is 1.33. The van der Waals surface area contributed by atoms with Crippen molar-refractivity contribution in [2.75, 3.05) is 13.2 Å². The third kappa shape index (κ3) is 4.84. The van der Waals surface area contributed by atoms with Crippen molar-refractivity contribution >= 4 is 0 Å². The minimum Gasteiger partial charge on any atom is -0.494 e. The molecule has 0 bridgehead atoms. The predicted octanol–water partition coefficient (Wildman–Crippen LogP) is 3.05. The Labute approximate surface area is 92.2 Å². The standard InChI is InChI=1S/C13H20O2/c1-4-14-13-7-5-12(6-8-13)9-10-15-11(2)3/h5-8,11H,4,9-10H2,1-3H3. The van der Waals surface area contributed by atoms with E-state index in [1.54, 1.807) is 0 Å². The van der Waals surface area contributed by atoms with Gasteiger partial charge in [-0.2, -0.15) is 0 Å². The molecule has 2 nitrogen and oxygen atoms in total. The molecule has 1 rings (SSSR count). The molecular weight excluding hydrogens is 188 g/mol. The summed E-state index contributed by atoms with van der Waals surface area (Å²) in [6, 6.07) is 8.20. The van der Waals surface area contributed by atoms with E-state index in [0.29, 0.717) is 6.10 Å². The Hall–Kier alpha value is -1.02. The van der Waals surface area contributed by atoms with E-state index in [4.69, 9.17) is 9.47 Å². The lowest BCUT2D eigenvalue weighted by atomic mass is 10.1. The number of hydrogen-bond acceptors (Lipinski definition) is 2. The van der Waals surface area contributed by atoms with Gasteiger partial charge in [0.25, 0.3) is 0 Å². The first-order valence-electron chi connectivity index (χ1n) is 5.55. The van der Waals surface area contributed by atoms with Gasteiger partial charge in [0.1, 0.15) is 5.75 Å². The van der Waals surface area contributed by atoms with E-state index in [1.807, 2.05) is 19.1 Å². The van der Waals surface area contributed by atoms with E-state index in [9.17, 15) is 0 Å². The molecule has 0 amide bonds. The topological polar surface area (TPSA) is 18.5 Å². The highest BCUT2D eigenvalue weighted by molar-refractivity contribution is 5.27. The van der Waals surface area contributed by atoms with Crippen LogP contribution in [-0.2, 0) is 11.2 Å². The lowest BCUT2D eigenvalue weighted by Gasteiger charge is -2.08. The van der Waals surface area contributed by atoms with Gasteiger partial charge >= 0.3 is 0 Å². The summed E-state index contributed by atoms with van der Waals surface area (Å²) in [5.41, 5.74) is 1.29. The van der Waals surface area contributed by atoms with Crippen LogP contribution in [0.3, 0.4) is 0 Å². The van der Waals surface area contributed by atoms with Gasteiger partial charge in [0, 0.05) is 0 Å². The van der Waals surface area contributed by atoms with Crippen LogP contribution in [0.5, 0.6) is 5.75 Å². The van der Waals surface area contributed by atoms with Crippen LogP contribution in [0.1, 0.15) is 26.3 Å². The summed E-state index contributed by atoms with van der Waals surface area (Å²) in [7, 11) is 0. The highest BCUT2D eigenvalue weighted by atomic mass is 16.5. The zero-order valence-electron chi connectivity index (χ0n) is 9.82. The third-order valence-corrected chi connectivity index (χ3v) is 2.08. The van der Waals surface area contributed by atoms with Crippen LogP contribution in [0.2, 0.25) is 0 Å². The molecule has 0 saturated carbocycles. The van der Waals surface area contributed by atoms with Crippen molar-refractivity contribution in [2.24, 2.45) is 0 Å². The average molecular weight is 208 g/mol. The molecule has 0 radical (unpaired) electrons. The zero-order valence-corrected chi connectivity index (χ0v) is 9.82. The van der Waals surface area contributed by atoms with Crippen LogP contribution < -0.4 is 4.74 Å². The third-order valence-electron chi connectivity index (χ3n) is 2.08. The van der Waals surface area contributed by atoms with Gasteiger partial charge in [0.15, 0.2) is 0 Å². The van der Waals surface area contributed by atoms with Gasteiger partial charge in [-0.15, -0.1) is 0 Å². The second kappa shape index (κ2) is 6.46. The summed E-state index contributed by atoms with van der Waals surface area (Å²) in [6.45, 7) is 7.60. The van der Waals surface area contributed by atoms with Gasteiger partial charge in [-0.25, -0.2) is 0 Å². The normalized spacial score (nSPS) is 10.7. The molecular formula is C13H20O2. The van der Waals surface area contributed by atoms with E-state index in [0.717, 1.165) is 25.4 Å². The molecule has 0 atom stereocenters. The van der Waals surface area contributed by atoms with Crippen molar-refractivity contribution in [1.29, 1.82) is 0 Å². The first-order chi connectivity index (χ1) is 7.22. The summed E-state index contributed by atoms with van der Waals surface area (Å²) in [4.78, 5) is 0. The molecule has 0 heterocycles. The maximum atomic E-state index is 5.49. The number of hydrogen-bond donors (Lipinski definition) is 0. The molecule has 15 heavy (non-hydrogen) atoms. The highest BCUT2D eigenvalue weighted by Crippen LogP contribution is 2.12. The molecule has 84 valence electrons. The van der Waals surface area contributed by atoms with Crippen LogP contribution in [0.4, 0.5) is 0 Å². The minimum absolute atomic E-state index is 0.313. The summed E-state index contributed by atoms with van der Waals surface area (Å²) >= 11 is 0. The molecule has 0 aliphatic rings. The van der Waals surface area contributed by atoms with Crippen molar-refractivity contribution in [3.63, 3.8) is 0 Å². The van der Waals surface area contributed by atoms with Gasteiger partial charge in [0.05, 0.1) is 19.3 Å². The van der Waals surface area contributed by atoms with Crippen molar-refractivity contribution in [2.45, 2.75) is 33.3 Å². The van der Waals surface area contributed by atoms with Gasteiger partial charge in [0.2, 0.25) is 0 Å². The monoisotopic (exact) mass is 208 g/mol. The van der Waals surface area contributed by atoms with Crippen LogP contribution in [0, 0.1) is 0 Å². The summed E-state index contributed by atoms with van der Waals surface area (Å²) in [5.74, 6) is 0.936. The SMILES string of the molecule is CCOc1ccc(CCOC(C)C)cc1. The lowest BCUT2D eigenvalue weighted by molar-refractivity contribution is 0.0813. The highest BCUT2D eigenvalue weighted by Gasteiger charge is 1.97. The average Bonchev–Trinajstić information content (AvgIpc) is 2.20. The Morgan fingerprint density at radius 1 is 1.13 bits per heavy atom. The molecule has 0 aliphatic heterocycles. The maximum absolute atomic E-state index is 5.49. The fourth-order valence-electron chi connectivity index (χ4n) is 1.33. The van der Waals surface area contributed by atoms with Crippen molar-refractivity contribution in [1.82, 2.24) is 0 Å². The van der Waals surface area contributed by atoms with Crippen LogP contribution in [0.15, 0.2) is 24.3 Å². The quantitative estimate of drug-likeness (QED) is 0.715. The van der Waals surface area contributed by atoms with Gasteiger partial charge < -0.3 is 9.47 Å². The lowest BCUT2D eigenvalue weighted by Crippen LogP contribution is -2.05. The van der Waals surface area contributed by atoms with Gasteiger partial charge in [-0.3, -0.25) is 0 Å². The molecule has 0 fully saturated rings. The van der Waals surface area contributed by atoms with Gasteiger partial charge in [-0.1, -0.05) is 12.1 Å². The molecule has 1 aromatic rings. The first-order valence-corrected chi connectivity index (χ1v) is 5.55. The Bertz CT molecular complexity index is 264. The Morgan fingerprint density at radius 3 is 2.33 bits per heavy atom. The fraction of sp³-hybridized carbons (Fsp3) is 0.538. The predicted molar refractivity (Wildman–Crippen MR) is 62.4 cm³/mol. The van der Waals surface area contributed by atoms with Crippen molar-refractivity contribution in [3.8, 4) is 5.75 Å². The van der Waals surface area contributed by atoms with Gasteiger partial charge in [-0.05, 0) is 44.9 Å². The smallest absolute Gasteiger partial charge is 0.119 e. The summed E-state index contributed by atoms with van der Waals surface area (Å²) < 4.78 is 10.9. The van der Waals surface area contributed by atoms with E-state index in [-0.39, 0.29) is 0 Å². The molecule has 0 aromatic heterocycles. The number of rotatable bonds is 6. The second-order valence-electron chi connectivity index (χ2n) is 3.75.